The summed E-state index contributed by atoms with van der Waals surface area (Å²) in [6.07, 6.45) is 7.03. The molecular weight excluding hydrogens is 408 g/mol. The largest absolute Gasteiger partial charge is 0.454 e. The van der Waals surface area contributed by atoms with Gasteiger partial charge in [0.1, 0.15) is 11.3 Å². The van der Waals surface area contributed by atoms with Crippen molar-refractivity contribution in [3.8, 4) is 22.8 Å². The second kappa shape index (κ2) is 7.67. The molecular formula is C25H24N2O5. The van der Waals surface area contributed by atoms with Gasteiger partial charge in [0.25, 0.3) is 0 Å². The van der Waals surface area contributed by atoms with Gasteiger partial charge in [-0.1, -0.05) is 12.8 Å². The number of pyridine rings is 1. The maximum absolute atomic E-state index is 12.3. The van der Waals surface area contributed by atoms with Crippen LogP contribution in [-0.2, 0) is 6.54 Å². The van der Waals surface area contributed by atoms with E-state index < -0.39 is 5.63 Å². The third-order valence-corrected chi connectivity index (χ3v) is 6.42. The Balaban J connectivity index is 1.48. The van der Waals surface area contributed by atoms with Crippen molar-refractivity contribution in [2.75, 3.05) is 19.9 Å². The first-order valence-electron chi connectivity index (χ1n) is 11.1. The van der Waals surface area contributed by atoms with E-state index in [0.717, 1.165) is 47.2 Å². The Hall–Kier alpha value is -3.32. The minimum atomic E-state index is -0.438. The molecule has 1 saturated heterocycles. The summed E-state index contributed by atoms with van der Waals surface area (Å²) in [4.78, 5) is 19.4. The predicted octanol–water partition coefficient (Wildman–Crippen LogP) is 5.01. The molecule has 0 N–H and O–H groups in total. The molecule has 6 rings (SSSR count). The number of fused-ring (bicyclic) bond motifs is 3. The lowest BCUT2D eigenvalue weighted by Crippen LogP contribution is -2.24. The van der Waals surface area contributed by atoms with Crippen molar-refractivity contribution in [3.05, 3.63) is 52.1 Å². The maximum Gasteiger partial charge on any atom is 0.336 e. The number of hydrogen-bond donors (Lipinski definition) is 0. The summed E-state index contributed by atoms with van der Waals surface area (Å²) in [7, 11) is 0. The molecule has 0 aliphatic carbocycles. The summed E-state index contributed by atoms with van der Waals surface area (Å²) < 4.78 is 22.7. The molecule has 0 amide bonds. The monoisotopic (exact) mass is 432 g/mol. The first-order valence-corrected chi connectivity index (χ1v) is 11.1. The fourth-order valence-electron chi connectivity index (χ4n) is 4.75. The highest BCUT2D eigenvalue weighted by Crippen LogP contribution is 2.40. The average Bonchev–Trinajstić information content (AvgIpc) is 3.35. The molecule has 5 heterocycles. The second-order valence-electron chi connectivity index (χ2n) is 8.59. The van der Waals surface area contributed by atoms with Crippen LogP contribution in [0, 0.1) is 6.92 Å². The Morgan fingerprint density at radius 2 is 1.72 bits per heavy atom. The summed E-state index contributed by atoms with van der Waals surface area (Å²) in [6, 6.07) is 7.03. The Morgan fingerprint density at radius 1 is 0.938 bits per heavy atom. The van der Waals surface area contributed by atoms with Crippen molar-refractivity contribution in [1.29, 1.82) is 0 Å². The Morgan fingerprint density at radius 3 is 2.53 bits per heavy atom. The summed E-state index contributed by atoms with van der Waals surface area (Å²) in [5, 5.41) is 1.78. The molecule has 7 heteroatoms. The van der Waals surface area contributed by atoms with Crippen molar-refractivity contribution in [3.63, 3.8) is 0 Å². The Labute approximate surface area is 184 Å². The number of ether oxygens (including phenoxy) is 2. The van der Waals surface area contributed by atoms with Gasteiger partial charge < -0.3 is 18.3 Å². The van der Waals surface area contributed by atoms with Gasteiger partial charge in [-0.25, -0.2) is 4.79 Å². The molecule has 3 aromatic heterocycles. The van der Waals surface area contributed by atoms with Crippen LogP contribution in [0.1, 0.15) is 36.9 Å². The van der Waals surface area contributed by atoms with Gasteiger partial charge in [0, 0.05) is 41.2 Å². The molecule has 1 fully saturated rings. The summed E-state index contributed by atoms with van der Waals surface area (Å²) >= 11 is 0. The van der Waals surface area contributed by atoms with Gasteiger partial charge in [-0.05, 0) is 50.6 Å². The van der Waals surface area contributed by atoms with Crippen LogP contribution < -0.4 is 15.1 Å². The van der Waals surface area contributed by atoms with E-state index in [9.17, 15) is 4.79 Å². The fraction of sp³-hybridized carbons (Fsp3) is 0.360. The molecule has 164 valence electrons. The second-order valence-corrected chi connectivity index (χ2v) is 8.59. The molecule has 4 aromatic rings. The number of aryl methyl sites for hydroxylation is 1. The molecule has 0 unspecified atom stereocenters. The molecule has 7 nitrogen and oxygen atoms in total. The number of furan rings is 1. The van der Waals surface area contributed by atoms with Crippen LogP contribution in [0.5, 0.6) is 11.5 Å². The summed E-state index contributed by atoms with van der Waals surface area (Å²) in [6.45, 7) is 5.16. The molecule has 0 saturated carbocycles. The minimum Gasteiger partial charge on any atom is -0.454 e. The smallest absolute Gasteiger partial charge is 0.336 e. The zero-order chi connectivity index (χ0) is 21.7. The van der Waals surface area contributed by atoms with Gasteiger partial charge in [0.15, 0.2) is 17.1 Å². The normalized spacial score (nSPS) is 16.7. The average molecular weight is 432 g/mol. The third kappa shape index (κ3) is 3.33. The van der Waals surface area contributed by atoms with Gasteiger partial charge >= 0.3 is 5.63 Å². The minimum absolute atomic E-state index is 0.153. The topological polar surface area (TPSA) is 77.9 Å². The zero-order valence-electron chi connectivity index (χ0n) is 18.0. The fourth-order valence-corrected chi connectivity index (χ4v) is 4.75. The first kappa shape index (κ1) is 19.4. The molecule has 1 aromatic carbocycles. The highest BCUT2D eigenvalue weighted by Gasteiger charge is 2.21. The van der Waals surface area contributed by atoms with Gasteiger partial charge in [-0.15, -0.1) is 0 Å². The third-order valence-electron chi connectivity index (χ3n) is 6.42. The van der Waals surface area contributed by atoms with Gasteiger partial charge in [-0.3, -0.25) is 9.88 Å². The molecule has 2 aliphatic rings. The molecule has 0 bridgehead atoms. The lowest BCUT2D eigenvalue weighted by molar-refractivity contribution is 0.174. The van der Waals surface area contributed by atoms with Crippen LogP contribution in [0.2, 0.25) is 0 Å². The highest BCUT2D eigenvalue weighted by molar-refractivity contribution is 5.97. The summed E-state index contributed by atoms with van der Waals surface area (Å²) in [5.74, 6) is 1.82. The van der Waals surface area contributed by atoms with Crippen molar-refractivity contribution >= 4 is 21.9 Å². The molecule has 2 aliphatic heterocycles. The van der Waals surface area contributed by atoms with Crippen LogP contribution in [0.4, 0.5) is 0 Å². The standard InChI is InChI=1S/C25H24N2O5/c1-15-25-17(16(12-26-15)13-27-6-4-2-3-5-7-27)8-20(32-25)19-10-24(28)31-21-11-23-22(9-18(19)21)29-14-30-23/h8-12H,2-7,13-14H2,1H3. The maximum atomic E-state index is 12.3. The Kier molecular flexibility index (Phi) is 4.64. The molecule has 0 spiro atoms. The lowest BCUT2D eigenvalue weighted by atomic mass is 10.1. The Bertz CT molecular complexity index is 1380. The predicted molar refractivity (Wildman–Crippen MR) is 120 cm³/mol. The van der Waals surface area contributed by atoms with Gasteiger partial charge in [-0.2, -0.15) is 0 Å². The van der Waals surface area contributed by atoms with E-state index in [1.807, 2.05) is 25.3 Å². The van der Waals surface area contributed by atoms with E-state index in [4.69, 9.17) is 18.3 Å². The number of hydrogen-bond acceptors (Lipinski definition) is 7. The van der Waals surface area contributed by atoms with E-state index in [1.165, 1.54) is 31.7 Å². The number of likely N-dealkylation sites (tertiary alicyclic amines) is 1. The van der Waals surface area contributed by atoms with Crippen molar-refractivity contribution in [2.45, 2.75) is 39.2 Å². The number of benzene rings is 1. The molecule has 0 radical (unpaired) electrons. The van der Waals surface area contributed by atoms with Crippen molar-refractivity contribution < 1.29 is 18.3 Å². The van der Waals surface area contributed by atoms with Crippen LogP contribution >= 0.6 is 0 Å². The van der Waals surface area contributed by atoms with Crippen LogP contribution in [0.15, 0.2) is 44.1 Å². The highest BCUT2D eigenvalue weighted by atomic mass is 16.7. The quantitative estimate of drug-likeness (QED) is 0.421. The van der Waals surface area contributed by atoms with Crippen LogP contribution in [-0.4, -0.2) is 29.8 Å². The molecule has 0 atom stereocenters. The lowest BCUT2D eigenvalue weighted by Gasteiger charge is -2.20. The number of nitrogens with zero attached hydrogens (tertiary/aromatic N) is 2. The van der Waals surface area contributed by atoms with E-state index in [1.54, 1.807) is 6.07 Å². The van der Waals surface area contributed by atoms with E-state index in [2.05, 4.69) is 9.88 Å². The van der Waals surface area contributed by atoms with Gasteiger partial charge in [0.05, 0.1) is 5.69 Å². The van der Waals surface area contributed by atoms with Crippen LogP contribution in [0.25, 0.3) is 33.3 Å². The SMILES string of the molecule is Cc1ncc(CN2CCCCCC2)c2cc(-c3cc(=O)oc4cc5c(cc34)OCO5)oc12. The van der Waals surface area contributed by atoms with E-state index in [0.29, 0.717) is 28.4 Å². The van der Waals surface area contributed by atoms with Crippen molar-refractivity contribution in [2.24, 2.45) is 0 Å². The zero-order valence-corrected chi connectivity index (χ0v) is 18.0. The summed E-state index contributed by atoms with van der Waals surface area (Å²) in [5.41, 5.74) is 3.41. The van der Waals surface area contributed by atoms with Gasteiger partial charge in [0.2, 0.25) is 6.79 Å². The molecule has 32 heavy (non-hydrogen) atoms. The number of aromatic nitrogens is 1. The van der Waals surface area contributed by atoms with E-state index >= 15 is 0 Å². The van der Waals surface area contributed by atoms with Crippen molar-refractivity contribution in [1.82, 2.24) is 9.88 Å². The van der Waals surface area contributed by atoms with Crippen LogP contribution in [0.3, 0.4) is 0 Å². The first-order chi connectivity index (χ1) is 15.7. The van der Waals surface area contributed by atoms with E-state index in [-0.39, 0.29) is 6.79 Å². The number of rotatable bonds is 3.